The molecule has 1 atom stereocenters. The first-order chi connectivity index (χ1) is 16.2. The first-order valence-corrected chi connectivity index (χ1v) is 12.1. The van der Waals surface area contributed by atoms with Crippen LogP contribution in [-0.4, -0.2) is 39.6 Å². The first kappa shape index (κ1) is 21.6. The van der Waals surface area contributed by atoms with Crippen molar-refractivity contribution in [3.05, 3.63) is 64.6 Å². The van der Waals surface area contributed by atoms with E-state index in [1.807, 2.05) is 47.4 Å². The van der Waals surface area contributed by atoms with Gasteiger partial charge in [0, 0.05) is 25.3 Å². The molecule has 1 N–H and O–H groups in total. The third-order valence-electron chi connectivity index (χ3n) is 6.91. The van der Waals surface area contributed by atoms with Crippen molar-refractivity contribution in [3.8, 4) is 0 Å². The van der Waals surface area contributed by atoms with E-state index in [0.29, 0.717) is 36.1 Å². The van der Waals surface area contributed by atoms with Gasteiger partial charge in [0.15, 0.2) is 11.5 Å². The highest BCUT2D eigenvalue weighted by Crippen LogP contribution is 2.23. The van der Waals surface area contributed by atoms with Crippen molar-refractivity contribution in [1.29, 1.82) is 0 Å². The van der Waals surface area contributed by atoms with Gasteiger partial charge in [-0.2, -0.15) is 0 Å². The fourth-order valence-electron chi connectivity index (χ4n) is 5.13. The topological polar surface area (TPSA) is 80.1 Å². The third-order valence-corrected chi connectivity index (χ3v) is 6.91. The van der Waals surface area contributed by atoms with Crippen molar-refractivity contribution in [2.24, 2.45) is 5.92 Å². The molecule has 2 aromatic heterocycles. The number of carbonyl (C=O) groups is 1. The van der Waals surface area contributed by atoms with Gasteiger partial charge >= 0.3 is 0 Å². The number of benzene rings is 1. The average Bonchev–Trinajstić information content (AvgIpc) is 2.87. The molecule has 172 valence electrons. The lowest BCUT2D eigenvalue weighted by molar-refractivity contribution is -0.126. The molecule has 33 heavy (non-hydrogen) atoms. The van der Waals surface area contributed by atoms with Crippen molar-refractivity contribution in [2.75, 3.05) is 18.0 Å². The minimum absolute atomic E-state index is 0.117. The Morgan fingerprint density at radius 3 is 2.64 bits per heavy atom. The number of pyridine rings is 1. The number of piperidine rings is 1. The molecule has 0 radical (unpaired) electrons. The molecule has 3 aromatic rings. The summed E-state index contributed by atoms with van der Waals surface area (Å²) in [6.07, 6.45) is 9.21. The normalized spacial score (nSPS) is 19.5. The molecule has 1 unspecified atom stereocenters. The summed E-state index contributed by atoms with van der Waals surface area (Å²) >= 11 is 0. The largest absolute Gasteiger partial charge is 0.353 e. The zero-order valence-corrected chi connectivity index (χ0v) is 18.9. The summed E-state index contributed by atoms with van der Waals surface area (Å²) in [5.41, 5.74) is 2.15. The lowest BCUT2D eigenvalue weighted by atomic mass is 9.93. The van der Waals surface area contributed by atoms with E-state index in [4.69, 9.17) is 4.98 Å². The summed E-state index contributed by atoms with van der Waals surface area (Å²) < 4.78 is 1.71. The second-order valence-electron chi connectivity index (χ2n) is 9.29. The van der Waals surface area contributed by atoms with Crippen LogP contribution in [0.5, 0.6) is 0 Å². The maximum Gasteiger partial charge on any atom is 0.295 e. The molecular weight excluding hydrogens is 414 g/mol. The fraction of sp³-hybridized carbons (Fsp3) is 0.462. The van der Waals surface area contributed by atoms with Crippen molar-refractivity contribution in [1.82, 2.24) is 19.9 Å². The Hall–Kier alpha value is -3.22. The van der Waals surface area contributed by atoms with Crippen LogP contribution in [0.4, 0.5) is 5.82 Å². The smallest absolute Gasteiger partial charge is 0.295 e. The molecule has 7 nitrogen and oxygen atoms in total. The van der Waals surface area contributed by atoms with Crippen LogP contribution in [0.3, 0.4) is 0 Å². The molecule has 0 spiro atoms. The van der Waals surface area contributed by atoms with Crippen LogP contribution in [0, 0.1) is 5.92 Å². The Labute approximate surface area is 193 Å². The summed E-state index contributed by atoms with van der Waals surface area (Å²) in [6, 6.07) is 14.0. The third kappa shape index (κ3) is 4.77. The van der Waals surface area contributed by atoms with Gasteiger partial charge in [0.05, 0.1) is 12.5 Å². The number of aromatic nitrogens is 3. The highest BCUT2D eigenvalue weighted by Gasteiger charge is 2.30. The Morgan fingerprint density at radius 1 is 1.00 bits per heavy atom. The van der Waals surface area contributed by atoms with Gasteiger partial charge in [0.2, 0.25) is 5.91 Å². The van der Waals surface area contributed by atoms with E-state index in [1.54, 1.807) is 10.8 Å². The van der Waals surface area contributed by atoms with Crippen molar-refractivity contribution >= 4 is 22.9 Å². The van der Waals surface area contributed by atoms with Crippen molar-refractivity contribution < 1.29 is 4.79 Å². The standard InChI is InChI=1S/C26H31N5O2/c32-25(28-21-12-5-2-6-13-21)20-11-8-16-30(18-20)24-26(33)31(17-19-9-3-1-4-10-19)23-22(29-24)14-7-15-27-23/h1,3-4,7,9-10,14-15,20-21H,2,5-6,8,11-13,16-18H2,(H,28,32). The number of carbonyl (C=O) groups excluding carboxylic acids is 1. The van der Waals surface area contributed by atoms with Crippen LogP contribution in [-0.2, 0) is 11.3 Å². The van der Waals surface area contributed by atoms with Gasteiger partial charge in [-0.1, -0.05) is 49.6 Å². The summed E-state index contributed by atoms with van der Waals surface area (Å²) in [7, 11) is 0. The Kier molecular flexibility index (Phi) is 6.37. The monoisotopic (exact) mass is 445 g/mol. The summed E-state index contributed by atoms with van der Waals surface area (Å²) in [5, 5.41) is 3.27. The lowest BCUT2D eigenvalue weighted by Gasteiger charge is -2.34. The van der Waals surface area contributed by atoms with E-state index < -0.39 is 0 Å². The fourth-order valence-corrected chi connectivity index (χ4v) is 5.13. The number of anilines is 1. The second-order valence-corrected chi connectivity index (χ2v) is 9.29. The van der Waals surface area contributed by atoms with Gasteiger partial charge in [-0.05, 0) is 43.4 Å². The van der Waals surface area contributed by atoms with E-state index >= 15 is 0 Å². The van der Waals surface area contributed by atoms with Crippen molar-refractivity contribution in [2.45, 2.75) is 57.5 Å². The van der Waals surface area contributed by atoms with Gasteiger partial charge in [0.25, 0.3) is 5.56 Å². The van der Waals surface area contributed by atoms with E-state index in [1.165, 1.54) is 19.3 Å². The maximum atomic E-state index is 13.6. The van der Waals surface area contributed by atoms with E-state index in [-0.39, 0.29) is 17.4 Å². The molecule has 3 heterocycles. The number of amides is 1. The molecule has 1 saturated heterocycles. The zero-order valence-electron chi connectivity index (χ0n) is 18.9. The van der Waals surface area contributed by atoms with Crippen LogP contribution >= 0.6 is 0 Å². The van der Waals surface area contributed by atoms with Crippen molar-refractivity contribution in [3.63, 3.8) is 0 Å². The minimum Gasteiger partial charge on any atom is -0.353 e. The Bertz CT molecular complexity index is 1170. The molecule has 1 aliphatic carbocycles. The van der Waals surface area contributed by atoms with Gasteiger partial charge in [-0.25, -0.2) is 9.97 Å². The molecular formula is C26H31N5O2. The van der Waals surface area contributed by atoms with Gasteiger partial charge in [-0.3, -0.25) is 14.2 Å². The number of hydrogen-bond donors (Lipinski definition) is 1. The number of fused-ring (bicyclic) bond motifs is 1. The lowest BCUT2D eigenvalue weighted by Crippen LogP contribution is -2.48. The number of hydrogen-bond acceptors (Lipinski definition) is 5. The summed E-state index contributed by atoms with van der Waals surface area (Å²) in [4.78, 5) is 37.8. The average molecular weight is 446 g/mol. The molecule has 5 rings (SSSR count). The highest BCUT2D eigenvalue weighted by atomic mass is 16.2. The molecule has 1 amide bonds. The summed E-state index contributed by atoms with van der Waals surface area (Å²) in [6.45, 7) is 1.69. The molecule has 0 bridgehead atoms. The molecule has 2 fully saturated rings. The van der Waals surface area contributed by atoms with Crippen LogP contribution in [0.15, 0.2) is 53.5 Å². The van der Waals surface area contributed by atoms with E-state index in [0.717, 1.165) is 37.8 Å². The number of nitrogens with one attached hydrogen (secondary N) is 1. The van der Waals surface area contributed by atoms with Crippen LogP contribution in [0.2, 0.25) is 0 Å². The highest BCUT2D eigenvalue weighted by molar-refractivity contribution is 5.80. The second kappa shape index (κ2) is 9.73. The van der Waals surface area contributed by atoms with Gasteiger partial charge in [0.1, 0.15) is 5.52 Å². The molecule has 1 aromatic carbocycles. The van der Waals surface area contributed by atoms with Gasteiger partial charge < -0.3 is 10.2 Å². The van der Waals surface area contributed by atoms with E-state index in [2.05, 4.69) is 10.3 Å². The number of rotatable bonds is 5. The van der Waals surface area contributed by atoms with E-state index in [9.17, 15) is 9.59 Å². The Morgan fingerprint density at radius 2 is 1.82 bits per heavy atom. The maximum absolute atomic E-state index is 13.6. The SMILES string of the molecule is O=C(NC1CCCCC1)C1CCCN(c2nc3cccnc3n(Cc3ccccc3)c2=O)C1. The number of nitrogens with zero attached hydrogens (tertiary/aromatic N) is 4. The quantitative estimate of drug-likeness (QED) is 0.650. The van der Waals surface area contributed by atoms with Crippen LogP contribution in [0.25, 0.3) is 11.2 Å². The zero-order chi connectivity index (χ0) is 22.6. The first-order valence-electron chi connectivity index (χ1n) is 12.1. The minimum atomic E-state index is -0.154. The molecule has 1 saturated carbocycles. The predicted octanol–water partition coefficient (Wildman–Crippen LogP) is 3.51. The van der Waals surface area contributed by atoms with Gasteiger partial charge in [-0.15, -0.1) is 0 Å². The molecule has 1 aliphatic heterocycles. The Balaban J connectivity index is 1.42. The molecule has 2 aliphatic rings. The summed E-state index contributed by atoms with van der Waals surface area (Å²) in [5.74, 6) is 0.425. The predicted molar refractivity (Wildman–Crippen MR) is 129 cm³/mol. The molecule has 7 heteroatoms. The van der Waals surface area contributed by atoms with Crippen LogP contribution < -0.4 is 15.8 Å². The van der Waals surface area contributed by atoms with Crippen LogP contribution in [0.1, 0.15) is 50.5 Å².